The van der Waals surface area contributed by atoms with E-state index in [1.54, 1.807) is 0 Å². The van der Waals surface area contributed by atoms with Gasteiger partial charge in [0, 0.05) is 6.61 Å². The predicted octanol–water partition coefficient (Wildman–Crippen LogP) is 12.5. The molecule has 0 spiro atoms. The maximum absolute atomic E-state index is 11.7. The van der Waals surface area contributed by atoms with Crippen LogP contribution in [0.2, 0.25) is 0 Å². The highest BCUT2D eigenvalue weighted by Gasteiger charge is 2.10. The summed E-state index contributed by atoms with van der Waals surface area (Å²) in [5, 5.41) is 0. The second-order valence-electron chi connectivity index (χ2n) is 14.3. The van der Waals surface area contributed by atoms with Crippen molar-refractivity contribution < 1.29 is 33.3 Å². The molecule has 0 saturated heterocycles. The van der Waals surface area contributed by atoms with Crippen molar-refractivity contribution in [1.82, 2.24) is 4.90 Å². The smallest absolute Gasteiger partial charge is 0.434 e. The van der Waals surface area contributed by atoms with Crippen molar-refractivity contribution in [3.05, 3.63) is 24.3 Å². The van der Waals surface area contributed by atoms with Gasteiger partial charge in [0.1, 0.15) is 13.2 Å². The largest absolute Gasteiger partial charge is 0.508 e. The van der Waals surface area contributed by atoms with Gasteiger partial charge >= 0.3 is 12.3 Å². The van der Waals surface area contributed by atoms with Gasteiger partial charge < -0.3 is 28.6 Å². The number of hydrogen-bond donors (Lipinski definition) is 0. The van der Waals surface area contributed by atoms with Crippen LogP contribution in [-0.2, 0) is 23.7 Å². The van der Waals surface area contributed by atoms with Gasteiger partial charge in [-0.25, -0.2) is 9.59 Å². The van der Waals surface area contributed by atoms with Crippen LogP contribution >= 0.6 is 0 Å². The van der Waals surface area contributed by atoms with Gasteiger partial charge in [0.15, 0.2) is 0 Å². The second kappa shape index (κ2) is 40.7. The first-order chi connectivity index (χ1) is 25.0. The Kier molecular flexibility index (Phi) is 39.1. The molecule has 8 nitrogen and oxygen atoms in total. The number of unbranched alkanes of at least 4 members (excludes halogenated alkanes) is 19. The van der Waals surface area contributed by atoms with Crippen LogP contribution in [0.25, 0.3) is 0 Å². The molecule has 0 aromatic heterocycles. The predicted molar refractivity (Wildman–Crippen MR) is 213 cm³/mol. The number of carbonyl (C=O) groups is 2. The lowest BCUT2D eigenvalue weighted by molar-refractivity contribution is 0.0353. The van der Waals surface area contributed by atoms with Crippen LogP contribution in [0.3, 0.4) is 0 Å². The maximum atomic E-state index is 11.7. The fourth-order valence-electron chi connectivity index (χ4n) is 5.83. The lowest BCUT2D eigenvalue weighted by Gasteiger charge is -2.18. The first-order valence-electron chi connectivity index (χ1n) is 21.1. The van der Waals surface area contributed by atoms with Gasteiger partial charge in [-0.2, -0.15) is 0 Å². The van der Waals surface area contributed by atoms with E-state index in [4.69, 9.17) is 23.7 Å². The van der Waals surface area contributed by atoms with Gasteiger partial charge in [0.2, 0.25) is 0 Å². The Morgan fingerprint density at radius 3 is 1.33 bits per heavy atom. The fraction of sp³-hybridized carbons (Fsp3) is 0.860. The number of allylic oxidation sites excluding steroid dienone is 2. The zero-order chi connectivity index (χ0) is 37.3. The molecule has 0 aromatic carbocycles. The molecule has 0 bridgehead atoms. The van der Waals surface area contributed by atoms with Crippen molar-refractivity contribution in [2.24, 2.45) is 0 Å². The number of nitrogens with zero attached hydrogens (tertiary/aromatic N) is 1. The quantitative estimate of drug-likeness (QED) is 0.0354. The van der Waals surface area contributed by atoms with Crippen molar-refractivity contribution in [3.63, 3.8) is 0 Å². The first kappa shape index (κ1) is 48.9. The van der Waals surface area contributed by atoms with Crippen LogP contribution in [0.4, 0.5) is 9.59 Å². The molecule has 0 amide bonds. The van der Waals surface area contributed by atoms with E-state index in [0.29, 0.717) is 32.5 Å². The highest BCUT2D eigenvalue weighted by molar-refractivity contribution is 5.60. The molecule has 0 radical (unpaired) electrons. The maximum Gasteiger partial charge on any atom is 0.508 e. The molecule has 300 valence electrons. The van der Waals surface area contributed by atoms with Crippen LogP contribution < -0.4 is 0 Å². The van der Waals surface area contributed by atoms with Crippen LogP contribution in [0.15, 0.2) is 24.3 Å². The highest BCUT2D eigenvalue weighted by Crippen LogP contribution is 2.17. The summed E-state index contributed by atoms with van der Waals surface area (Å²) in [6, 6.07) is 0. The van der Waals surface area contributed by atoms with Gasteiger partial charge in [-0.3, -0.25) is 0 Å². The van der Waals surface area contributed by atoms with Crippen LogP contribution in [0, 0.1) is 0 Å². The van der Waals surface area contributed by atoms with Crippen LogP contribution in [0.1, 0.15) is 181 Å². The van der Waals surface area contributed by atoms with Gasteiger partial charge in [-0.1, -0.05) is 141 Å². The molecule has 0 rings (SSSR count). The summed E-state index contributed by atoms with van der Waals surface area (Å²) < 4.78 is 27.0. The summed E-state index contributed by atoms with van der Waals surface area (Å²) in [7, 11) is 4.25. The van der Waals surface area contributed by atoms with E-state index in [0.717, 1.165) is 83.8 Å². The van der Waals surface area contributed by atoms with E-state index in [2.05, 4.69) is 45.0 Å². The molecule has 0 unspecified atom stereocenters. The van der Waals surface area contributed by atoms with Gasteiger partial charge in [0.25, 0.3) is 0 Å². The Labute approximate surface area is 314 Å². The summed E-state index contributed by atoms with van der Waals surface area (Å²) in [6.07, 6.45) is 37.4. The van der Waals surface area contributed by atoms with Gasteiger partial charge in [-0.05, 0) is 84.8 Å². The molecule has 0 aliphatic heterocycles. The minimum absolute atomic E-state index is 0.294. The van der Waals surface area contributed by atoms with Crippen molar-refractivity contribution >= 4 is 12.3 Å². The standard InChI is InChI=1S/C43H81NO7/c1-5-7-9-11-15-21-28-37-48-42(45)50-39-30-23-17-13-19-25-33-41(47-36-32-27-35-44(3)4)34-26-20-14-18-24-31-40-51-43(46)49-38-29-22-16-12-10-8-6-2/h21-22,28-29,41H,5-20,23-27,30-40H2,1-4H3/b28-21-,29-22-. The lowest BCUT2D eigenvalue weighted by Crippen LogP contribution is -2.16. The number of carbonyl (C=O) groups excluding carboxylic acids is 2. The molecule has 0 saturated carbocycles. The third kappa shape index (κ3) is 40.6. The average Bonchev–Trinajstić information content (AvgIpc) is 3.11. The minimum atomic E-state index is -0.561. The zero-order valence-electron chi connectivity index (χ0n) is 33.8. The number of ether oxygens (including phenoxy) is 5. The molecular weight excluding hydrogens is 642 g/mol. The van der Waals surface area contributed by atoms with E-state index in [1.165, 1.54) is 96.3 Å². The molecule has 0 heterocycles. The Morgan fingerprint density at radius 2 is 0.882 bits per heavy atom. The Balaban J connectivity index is 3.91. The molecule has 8 heteroatoms. The molecule has 0 aromatic rings. The van der Waals surface area contributed by atoms with Crippen molar-refractivity contribution in [2.75, 3.05) is 53.7 Å². The van der Waals surface area contributed by atoms with E-state index < -0.39 is 12.3 Å². The van der Waals surface area contributed by atoms with E-state index in [1.807, 2.05) is 12.2 Å². The summed E-state index contributed by atoms with van der Waals surface area (Å²) in [5.74, 6) is 0. The fourth-order valence-corrected chi connectivity index (χ4v) is 5.83. The minimum Gasteiger partial charge on any atom is -0.434 e. The molecule has 0 N–H and O–H groups in total. The Hall–Kier alpha value is -2.06. The highest BCUT2D eigenvalue weighted by atomic mass is 16.7. The molecule has 0 aliphatic carbocycles. The molecule has 51 heavy (non-hydrogen) atoms. The monoisotopic (exact) mass is 724 g/mol. The third-order valence-corrected chi connectivity index (χ3v) is 9.01. The zero-order valence-corrected chi connectivity index (χ0v) is 33.8. The van der Waals surface area contributed by atoms with Gasteiger partial charge in [0.05, 0.1) is 19.3 Å². The lowest BCUT2D eigenvalue weighted by atomic mass is 10.0. The molecular formula is C43H81NO7. The summed E-state index contributed by atoms with van der Waals surface area (Å²) in [5.41, 5.74) is 0. The molecule has 0 aliphatic rings. The third-order valence-electron chi connectivity index (χ3n) is 9.01. The summed E-state index contributed by atoms with van der Waals surface area (Å²) in [6.45, 7) is 7.85. The second-order valence-corrected chi connectivity index (χ2v) is 14.3. The number of hydrogen-bond acceptors (Lipinski definition) is 8. The first-order valence-corrected chi connectivity index (χ1v) is 21.1. The van der Waals surface area contributed by atoms with E-state index in [9.17, 15) is 9.59 Å². The van der Waals surface area contributed by atoms with Gasteiger partial charge in [-0.15, -0.1) is 0 Å². The van der Waals surface area contributed by atoms with Crippen molar-refractivity contribution in [2.45, 2.75) is 187 Å². The SMILES string of the molecule is CCCCCC/C=C\COC(=O)OCCCCCCCCC(CCCCCCCCOC(=O)OC/C=C\CCCCCC)OCCCCN(C)C. The molecule has 0 fully saturated rings. The van der Waals surface area contributed by atoms with E-state index in [-0.39, 0.29) is 0 Å². The topological polar surface area (TPSA) is 83.5 Å². The normalized spacial score (nSPS) is 11.7. The number of rotatable bonds is 38. The Morgan fingerprint density at radius 1 is 0.471 bits per heavy atom. The average molecular weight is 724 g/mol. The summed E-state index contributed by atoms with van der Waals surface area (Å²) in [4.78, 5) is 25.7. The van der Waals surface area contributed by atoms with Crippen LogP contribution in [0.5, 0.6) is 0 Å². The summed E-state index contributed by atoms with van der Waals surface area (Å²) >= 11 is 0. The Bertz CT molecular complexity index is 745. The molecule has 0 atom stereocenters. The van der Waals surface area contributed by atoms with Crippen molar-refractivity contribution in [3.8, 4) is 0 Å². The van der Waals surface area contributed by atoms with Crippen molar-refractivity contribution in [1.29, 1.82) is 0 Å². The van der Waals surface area contributed by atoms with E-state index >= 15 is 0 Å². The van der Waals surface area contributed by atoms with Crippen LogP contribution in [-0.4, -0.2) is 77.0 Å².